The second-order valence-electron chi connectivity index (χ2n) is 7.82. The second kappa shape index (κ2) is 8.40. The normalized spacial score (nSPS) is 18.7. The van der Waals surface area contributed by atoms with Crippen molar-refractivity contribution in [2.24, 2.45) is 0 Å². The van der Waals surface area contributed by atoms with Crippen molar-refractivity contribution < 1.29 is 9.59 Å². The van der Waals surface area contributed by atoms with Crippen molar-refractivity contribution in [2.45, 2.75) is 33.1 Å². The van der Waals surface area contributed by atoms with Gasteiger partial charge in [-0.2, -0.15) is 0 Å². The number of hydrogen-bond acceptors (Lipinski definition) is 4. The summed E-state index contributed by atoms with van der Waals surface area (Å²) < 4.78 is 0. The van der Waals surface area contributed by atoms with E-state index in [1.807, 2.05) is 44.2 Å². The number of nitrogens with zero attached hydrogens (tertiary/aromatic N) is 2. The second-order valence-corrected chi connectivity index (χ2v) is 8.20. The van der Waals surface area contributed by atoms with Crippen LogP contribution in [-0.2, 0) is 9.59 Å². The number of carbonyl (C=O) groups is 2. The van der Waals surface area contributed by atoms with E-state index in [0.29, 0.717) is 5.69 Å². The molecule has 2 fully saturated rings. The Labute approximate surface area is 182 Å². The van der Waals surface area contributed by atoms with Gasteiger partial charge in [-0.05, 0) is 86.3 Å². The lowest BCUT2D eigenvalue weighted by Crippen LogP contribution is -2.54. The fourth-order valence-electron chi connectivity index (χ4n) is 3.95. The van der Waals surface area contributed by atoms with Crippen LogP contribution in [0.25, 0.3) is 6.08 Å². The van der Waals surface area contributed by atoms with Gasteiger partial charge in [0, 0.05) is 18.8 Å². The van der Waals surface area contributed by atoms with Crippen molar-refractivity contribution in [3.63, 3.8) is 0 Å². The number of aryl methyl sites for hydroxylation is 1. The summed E-state index contributed by atoms with van der Waals surface area (Å²) in [6.07, 6.45) is 5.36. The third-order valence-corrected chi connectivity index (χ3v) is 6.13. The lowest BCUT2D eigenvalue weighted by atomic mass is 10.0. The molecule has 0 aromatic heterocycles. The van der Waals surface area contributed by atoms with E-state index < -0.39 is 11.8 Å². The average molecular weight is 420 g/mol. The summed E-state index contributed by atoms with van der Waals surface area (Å²) in [5, 5.41) is 2.77. The zero-order valence-corrected chi connectivity index (χ0v) is 18.1. The van der Waals surface area contributed by atoms with Gasteiger partial charge in [0.2, 0.25) is 0 Å². The smallest absolute Gasteiger partial charge is 0.270 e. The fourth-order valence-corrected chi connectivity index (χ4v) is 4.23. The molecule has 2 amide bonds. The minimum atomic E-state index is -0.466. The molecular weight excluding hydrogens is 394 g/mol. The van der Waals surface area contributed by atoms with Crippen molar-refractivity contribution in [2.75, 3.05) is 22.9 Å². The summed E-state index contributed by atoms with van der Waals surface area (Å²) in [4.78, 5) is 29.6. The van der Waals surface area contributed by atoms with Gasteiger partial charge in [-0.3, -0.25) is 19.8 Å². The molecule has 0 spiro atoms. The Morgan fingerprint density at radius 2 is 1.67 bits per heavy atom. The number of rotatable bonds is 3. The molecule has 2 aromatic carbocycles. The predicted molar refractivity (Wildman–Crippen MR) is 125 cm³/mol. The number of benzene rings is 2. The summed E-state index contributed by atoms with van der Waals surface area (Å²) >= 11 is 5.31. The van der Waals surface area contributed by atoms with Crippen molar-refractivity contribution in [1.29, 1.82) is 0 Å². The minimum absolute atomic E-state index is 0.0789. The SMILES string of the molecule is Cc1cccc(N2C(=O)/C(=C\c3ccc(N4CCCCC4)cc3)C(=O)NC2=S)c1C. The van der Waals surface area contributed by atoms with Crippen molar-refractivity contribution in [1.82, 2.24) is 5.32 Å². The Morgan fingerprint density at radius 1 is 0.967 bits per heavy atom. The van der Waals surface area contributed by atoms with Crippen LogP contribution in [0.2, 0.25) is 0 Å². The highest BCUT2D eigenvalue weighted by Crippen LogP contribution is 2.27. The largest absolute Gasteiger partial charge is 0.372 e. The summed E-state index contributed by atoms with van der Waals surface area (Å²) in [6, 6.07) is 13.7. The lowest BCUT2D eigenvalue weighted by molar-refractivity contribution is -0.122. The Hall–Kier alpha value is -2.99. The number of carbonyl (C=O) groups excluding carboxylic acids is 2. The molecule has 154 valence electrons. The first-order valence-corrected chi connectivity index (χ1v) is 10.7. The highest BCUT2D eigenvalue weighted by molar-refractivity contribution is 7.80. The van der Waals surface area contributed by atoms with Gasteiger partial charge in [0.1, 0.15) is 5.57 Å². The maximum atomic E-state index is 13.2. The maximum Gasteiger partial charge on any atom is 0.270 e. The van der Waals surface area contributed by atoms with E-state index in [-0.39, 0.29) is 10.7 Å². The third kappa shape index (κ3) is 3.87. The minimum Gasteiger partial charge on any atom is -0.372 e. The average Bonchev–Trinajstić information content (AvgIpc) is 2.75. The van der Waals surface area contributed by atoms with Crippen LogP contribution in [0.4, 0.5) is 11.4 Å². The van der Waals surface area contributed by atoms with Gasteiger partial charge >= 0.3 is 0 Å². The van der Waals surface area contributed by atoms with Gasteiger partial charge in [-0.25, -0.2) is 0 Å². The van der Waals surface area contributed by atoms with Gasteiger partial charge in [0.05, 0.1) is 5.69 Å². The quantitative estimate of drug-likeness (QED) is 0.462. The van der Waals surface area contributed by atoms with Gasteiger partial charge in [0.25, 0.3) is 11.8 Å². The fraction of sp³-hybridized carbons (Fsp3) is 0.292. The van der Waals surface area contributed by atoms with Gasteiger partial charge < -0.3 is 4.90 Å². The van der Waals surface area contributed by atoms with Crippen LogP contribution >= 0.6 is 12.2 Å². The van der Waals surface area contributed by atoms with E-state index in [9.17, 15) is 9.59 Å². The van der Waals surface area contributed by atoms with E-state index in [0.717, 1.165) is 29.8 Å². The Bertz CT molecular complexity index is 1040. The third-order valence-electron chi connectivity index (χ3n) is 5.84. The van der Waals surface area contributed by atoms with E-state index in [2.05, 4.69) is 22.3 Å². The maximum absolute atomic E-state index is 13.2. The Balaban J connectivity index is 1.63. The first-order chi connectivity index (χ1) is 14.5. The summed E-state index contributed by atoms with van der Waals surface area (Å²) in [7, 11) is 0. The topological polar surface area (TPSA) is 52.7 Å². The molecule has 0 bridgehead atoms. The summed E-state index contributed by atoms with van der Waals surface area (Å²) in [5.41, 5.74) is 4.76. The highest BCUT2D eigenvalue weighted by atomic mass is 32.1. The molecule has 2 saturated heterocycles. The lowest BCUT2D eigenvalue weighted by Gasteiger charge is -2.30. The van der Waals surface area contributed by atoms with Crippen LogP contribution < -0.4 is 15.1 Å². The number of anilines is 2. The van der Waals surface area contributed by atoms with E-state index in [1.54, 1.807) is 6.08 Å². The molecule has 2 aliphatic rings. The van der Waals surface area contributed by atoms with Crippen LogP contribution in [0.5, 0.6) is 0 Å². The molecule has 0 saturated carbocycles. The van der Waals surface area contributed by atoms with E-state index in [4.69, 9.17) is 12.2 Å². The molecule has 2 aliphatic heterocycles. The van der Waals surface area contributed by atoms with Crippen molar-refractivity contribution in [3.8, 4) is 0 Å². The summed E-state index contributed by atoms with van der Waals surface area (Å²) in [5.74, 6) is -0.871. The zero-order chi connectivity index (χ0) is 21.3. The van der Waals surface area contributed by atoms with Gasteiger partial charge in [-0.1, -0.05) is 24.3 Å². The first kappa shape index (κ1) is 20.3. The molecule has 2 heterocycles. The van der Waals surface area contributed by atoms with Crippen LogP contribution in [0.3, 0.4) is 0 Å². The molecular formula is C24H25N3O2S. The summed E-state index contributed by atoms with van der Waals surface area (Å²) in [6.45, 7) is 6.07. The monoisotopic (exact) mass is 419 g/mol. The molecule has 0 atom stereocenters. The Morgan fingerprint density at radius 3 is 2.37 bits per heavy atom. The number of nitrogens with one attached hydrogen (secondary N) is 1. The Kier molecular flexibility index (Phi) is 5.68. The first-order valence-electron chi connectivity index (χ1n) is 10.3. The van der Waals surface area contributed by atoms with Gasteiger partial charge in [0.15, 0.2) is 5.11 Å². The number of piperidine rings is 1. The van der Waals surface area contributed by atoms with Gasteiger partial charge in [-0.15, -0.1) is 0 Å². The van der Waals surface area contributed by atoms with Crippen LogP contribution in [0.15, 0.2) is 48.0 Å². The molecule has 5 nitrogen and oxygen atoms in total. The number of thiocarbonyl (C=S) groups is 1. The van der Waals surface area contributed by atoms with Crippen LogP contribution in [0, 0.1) is 13.8 Å². The molecule has 2 aromatic rings. The highest BCUT2D eigenvalue weighted by Gasteiger charge is 2.35. The van der Waals surface area contributed by atoms with Crippen molar-refractivity contribution in [3.05, 3.63) is 64.7 Å². The van der Waals surface area contributed by atoms with Crippen molar-refractivity contribution >= 4 is 46.6 Å². The molecule has 0 radical (unpaired) electrons. The predicted octanol–water partition coefficient (Wildman–Crippen LogP) is 4.13. The van der Waals surface area contributed by atoms with Crippen LogP contribution in [0.1, 0.15) is 36.0 Å². The molecule has 0 unspecified atom stereocenters. The molecule has 1 N–H and O–H groups in total. The standard InChI is InChI=1S/C24H25N3O2S/c1-16-7-6-8-21(17(16)2)27-23(29)20(22(28)25-24(27)30)15-18-9-11-19(12-10-18)26-13-4-3-5-14-26/h6-12,15H,3-5,13-14H2,1-2H3,(H,25,28,30)/b20-15-. The number of amides is 2. The van der Waals surface area contributed by atoms with E-state index in [1.165, 1.54) is 29.8 Å². The zero-order valence-electron chi connectivity index (χ0n) is 17.3. The molecule has 30 heavy (non-hydrogen) atoms. The molecule has 0 aliphatic carbocycles. The molecule has 4 rings (SSSR count). The van der Waals surface area contributed by atoms with Crippen LogP contribution in [-0.4, -0.2) is 30.0 Å². The molecule has 6 heteroatoms. The van der Waals surface area contributed by atoms with E-state index >= 15 is 0 Å². The number of hydrogen-bond donors (Lipinski definition) is 1.